The van der Waals surface area contributed by atoms with Crippen LogP contribution in [0.3, 0.4) is 0 Å². The first-order valence-corrected chi connectivity index (χ1v) is 21.1. The molecule has 8 rings (SSSR count). The van der Waals surface area contributed by atoms with Gasteiger partial charge in [-0.3, -0.25) is 29.4 Å². The van der Waals surface area contributed by atoms with E-state index in [-0.39, 0.29) is 49.3 Å². The van der Waals surface area contributed by atoms with Crippen LogP contribution in [0, 0.1) is 5.92 Å². The Bertz CT molecular complexity index is 2270. The third-order valence-electron chi connectivity index (χ3n) is 13.3. The highest BCUT2D eigenvalue weighted by atomic mass is 19.3. The quantitative estimate of drug-likeness (QED) is 0.292. The average molecular weight is 845 g/mol. The van der Waals surface area contributed by atoms with Crippen molar-refractivity contribution in [3.63, 3.8) is 0 Å². The van der Waals surface area contributed by atoms with Crippen LogP contribution in [0.2, 0.25) is 0 Å². The molecule has 3 aromatic rings. The molecular weight excluding hydrogens is 791 g/mol. The maximum Gasteiger partial charge on any atom is 0.317 e. The number of nitrogens with zero attached hydrogens (tertiary/aromatic N) is 6. The molecule has 2 unspecified atom stereocenters. The standard InChI is InChI=1S/C44H54F2N8O7/c1-47-43(59)52-14-11-32-33(23-49(2)41(57)34(32)25-52)27-20-37(60-3)35(38(21-27)61-4)24-51-17-15-50(16-18-51)12-9-29-10-13-53(26-44(29,45)46)30-5-6-31-28(19-30)22-54(42(31)58)36-7-8-39(55)48-40(36)56/h5-6,19-21,23,29,36H,7-18,22,24-26H2,1-4H3,(H,47,59)(H,48,55,56). The van der Waals surface area contributed by atoms with E-state index in [1.54, 1.807) is 60.9 Å². The number of nitrogens with one attached hydrogen (secondary N) is 2. The number of anilines is 1. The minimum Gasteiger partial charge on any atom is -0.496 e. The van der Waals surface area contributed by atoms with Crippen LogP contribution < -0.4 is 30.6 Å². The smallest absolute Gasteiger partial charge is 0.317 e. The summed E-state index contributed by atoms with van der Waals surface area (Å²) in [6.45, 7) is 5.14. The number of piperazine rings is 1. The molecule has 326 valence electrons. The van der Waals surface area contributed by atoms with Crippen molar-refractivity contribution in [1.29, 1.82) is 0 Å². The van der Waals surface area contributed by atoms with Crippen LogP contribution >= 0.6 is 0 Å². The summed E-state index contributed by atoms with van der Waals surface area (Å²) < 4.78 is 45.0. The molecule has 0 saturated carbocycles. The fourth-order valence-electron chi connectivity index (χ4n) is 9.73. The van der Waals surface area contributed by atoms with Gasteiger partial charge in [0.1, 0.15) is 17.5 Å². The number of carbonyl (C=O) groups excluding carboxylic acids is 4. The Hall–Kier alpha value is -5.55. The van der Waals surface area contributed by atoms with Gasteiger partial charge in [0.05, 0.1) is 32.9 Å². The van der Waals surface area contributed by atoms with Gasteiger partial charge in [0.25, 0.3) is 17.4 Å². The van der Waals surface area contributed by atoms with E-state index in [0.717, 1.165) is 48.4 Å². The molecule has 2 aromatic carbocycles. The van der Waals surface area contributed by atoms with Crippen LogP contribution in [0.15, 0.2) is 41.3 Å². The van der Waals surface area contributed by atoms with Crippen molar-refractivity contribution in [1.82, 2.24) is 34.8 Å². The predicted octanol–water partition coefficient (Wildman–Crippen LogP) is 3.20. The fourth-order valence-corrected chi connectivity index (χ4v) is 9.73. The van der Waals surface area contributed by atoms with Crippen molar-refractivity contribution in [2.24, 2.45) is 13.0 Å². The third-order valence-corrected chi connectivity index (χ3v) is 13.3. The van der Waals surface area contributed by atoms with E-state index in [1.165, 1.54) is 4.90 Å². The maximum absolute atomic E-state index is 15.8. The van der Waals surface area contributed by atoms with Gasteiger partial charge in [-0.2, -0.15) is 0 Å². The number of piperidine rings is 2. The monoisotopic (exact) mass is 844 g/mol. The molecule has 5 amide bonds. The van der Waals surface area contributed by atoms with Gasteiger partial charge in [-0.1, -0.05) is 0 Å². The number of aromatic nitrogens is 1. The molecule has 0 spiro atoms. The lowest BCUT2D eigenvalue weighted by Crippen LogP contribution is -2.52. The Morgan fingerprint density at radius 1 is 0.885 bits per heavy atom. The summed E-state index contributed by atoms with van der Waals surface area (Å²) in [7, 11) is 6.55. The van der Waals surface area contributed by atoms with Gasteiger partial charge >= 0.3 is 6.03 Å². The van der Waals surface area contributed by atoms with Gasteiger partial charge in [0, 0.05) is 107 Å². The van der Waals surface area contributed by atoms with Crippen molar-refractivity contribution in [2.45, 2.75) is 63.7 Å². The van der Waals surface area contributed by atoms with Gasteiger partial charge in [-0.25, -0.2) is 13.6 Å². The van der Waals surface area contributed by atoms with E-state index in [9.17, 15) is 24.0 Å². The molecule has 2 N–H and O–H groups in total. The van der Waals surface area contributed by atoms with Gasteiger partial charge in [0.2, 0.25) is 11.8 Å². The van der Waals surface area contributed by atoms with Crippen LogP contribution in [0.25, 0.3) is 11.1 Å². The zero-order chi connectivity index (χ0) is 43.2. The lowest BCUT2D eigenvalue weighted by atomic mass is 9.89. The normalized spacial score (nSPS) is 21.9. The number of hydrogen-bond donors (Lipinski definition) is 2. The number of ether oxygens (including phenoxy) is 2. The van der Waals surface area contributed by atoms with Crippen LogP contribution in [0.5, 0.6) is 11.5 Å². The van der Waals surface area contributed by atoms with Crippen LogP contribution in [0.4, 0.5) is 19.3 Å². The number of aryl methyl sites for hydroxylation is 1. The minimum atomic E-state index is -2.90. The summed E-state index contributed by atoms with van der Waals surface area (Å²) in [5.41, 5.74) is 5.82. The molecule has 61 heavy (non-hydrogen) atoms. The minimum absolute atomic E-state index is 0.128. The lowest BCUT2D eigenvalue weighted by Gasteiger charge is -2.41. The van der Waals surface area contributed by atoms with E-state index in [4.69, 9.17) is 9.47 Å². The molecular formula is C44H54F2N8O7. The molecule has 3 saturated heterocycles. The first-order chi connectivity index (χ1) is 29.3. The van der Waals surface area contributed by atoms with E-state index in [1.807, 2.05) is 18.3 Å². The highest BCUT2D eigenvalue weighted by Gasteiger charge is 2.45. The number of fused-ring (bicyclic) bond motifs is 2. The number of carbonyl (C=O) groups is 4. The summed E-state index contributed by atoms with van der Waals surface area (Å²) in [4.78, 5) is 72.2. The number of methoxy groups -OCH3 is 2. The van der Waals surface area contributed by atoms with Crippen molar-refractivity contribution in [2.75, 3.05) is 78.5 Å². The topological polar surface area (TPSA) is 149 Å². The van der Waals surface area contributed by atoms with Gasteiger partial charge in [-0.05, 0) is 79.3 Å². The van der Waals surface area contributed by atoms with E-state index in [0.29, 0.717) is 79.3 Å². The largest absolute Gasteiger partial charge is 0.496 e. The molecule has 6 heterocycles. The predicted molar refractivity (Wildman–Crippen MR) is 223 cm³/mol. The second-order valence-corrected chi connectivity index (χ2v) is 16.8. The Morgan fingerprint density at radius 3 is 2.28 bits per heavy atom. The summed E-state index contributed by atoms with van der Waals surface area (Å²) in [5.74, 6) is -3.44. The lowest BCUT2D eigenvalue weighted by molar-refractivity contribution is -0.136. The van der Waals surface area contributed by atoms with E-state index < -0.39 is 30.3 Å². The molecule has 5 aliphatic rings. The number of hydrogen-bond acceptors (Lipinski definition) is 10. The Morgan fingerprint density at radius 2 is 1.61 bits per heavy atom. The maximum atomic E-state index is 15.8. The molecule has 0 radical (unpaired) electrons. The highest BCUT2D eigenvalue weighted by Crippen LogP contribution is 2.40. The number of rotatable bonds is 10. The number of benzene rings is 2. The summed E-state index contributed by atoms with van der Waals surface area (Å²) in [6.07, 6.45) is 3.54. The van der Waals surface area contributed by atoms with Crippen LogP contribution in [-0.4, -0.2) is 134 Å². The highest BCUT2D eigenvalue weighted by molar-refractivity contribution is 6.05. The fraction of sp³-hybridized carbons (Fsp3) is 0.523. The second kappa shape index (κ2) is 17.1. The molecule has 0 aliphatic carbocycles. The number of halogens is 2. The molecule has 0 bridgehead atoms. The molecule has 15 nitrogen and oxygen atoms in total. The van der Waals surface area contributed by atoms with Crippen molar-refractivity contribution in [3.8, 4) is 22.6 Å². The second-order valence-electron chi connectivity index (χ2n) is 16.8. The SMILES string of the molecule is CNC(=O)N1CCc2c(-c3cc(OC)c(CN4CCN(CCC5CCN(c6ccc7c(c6)CN(C6CCC(=O)NC6=O)C7=O)CC5(F)F)CC4)c(OC)c3)cn(C)c(=O)c2C1. The Labute approximate surface area is 353 Å². The summed E-state index contributed by atoms with van der Waals surface area (Å²) in [5, 5.41) is 4.96. The van der Waals surface area contributed by atoms with E-state index >= 15 is 8.78 Å². The number of alkyl halides is 2. The average Bonchev–Trinajstić information content (AvgIpc) is 3.58. The van der Waals surface area contributed by atoms with Gasteiger partial charge < -0.3 is 39.0 Å². The number of imide groups is 1. The first kappa shape index (κ1) is 42.2. The van der Waals surface area contributed by atoms with Crippen molar-refractivity contribution in [3.05, 3.63) is 74.7 Å². The first-order valence-electron chi connectivity index (χ1n) is 21.1. The molecule has 1 aromatic heterocycles. The molecule has 3 fully saturated rings. The van der Waals surface area contributed by atoms with Crippen LogP contribution in [-0.2, 0) is 42.7 Å². The van der Waals surface area contributed by atoms with Gasteiger partial charge in [-0.15, -0.1) is 0 Å². The van der Waals surface area contributed by atoms with Crippen molar-refractivity contribution >= 4 is 29.4 Å². The zero-order valence-corrected chi connectivity index (χ0v) is 35.2. The van der Waals surface area contributed by atoms with Gasteiger partial charge in [0.15, 0.2) is 0 Å². The summed E-state index contributed by atoms with van der Waals surface area (Å²) >= 11 is 0. The molecule has 2 atom stereocenters. The number of pyridine rings is 1. The zero-order valence-electron chi connectivity index (χ0n) is 35.2. The Kier molecular flexibility index (Phi) is 11.8. The van der Waals surface area contributed by atoms with Crippen LogP contribution in [0.1, 0.15) is 58.3 Å². The third kappa shape index (κ3) is 8.29. The van der Waals surface area contributed by atoms with Crippen molar-refractivity contribution < 1.29 is 37.4 Å². The number of amides is 5. The number of urea groups is 1. The Balaban J connectivity index is 0.858. The summed E-state index contributed by atoms with van der Waals surface area (Å²) in [6, 6.07) is 8.18. The molecule has 5 aliphatic heterocycles. The van der Waals surface area contributed by atoms with E-state index in [2.05, 4.69) is 20.4 Å². The molecule has 17 heteroatoms.